The Morgan fingerprint density at radius 1 is 1.48 bits per heavy atom. The van der Waals surface area contributed by atoms with Crippen molar-refractivity contribution in [3.63, 3.8) is 0 Å². The summed E-state index contributed by atoms with van der Waals surface area (Å²) < 4.78 is 5.54. The van der Waals surface area contributed by atoms with Crippen molar-refractivity contribution in [1.82, 2.24) is 9.88 Å². The smallest absolute Gasteiger partial charge is 0.267 e. The number of nitrogens with zero attached hydrogens (tertiary/aromatic N) is 3. The Morgan fingerprint density at radius 2 is 2.19 bits per heavy atom. The Labute approximate surface area is 128 Å². The lowest BCUT2D eigenvalue weighted by atomic mass is 10.1. The van der Waals surface area contributed by atoms with Crippen LogP contribution in [0.3, 0.4) is 0 Å². The van der Waals surface area contributed by atoms with E-state index in [1.54, 1.807) is 4.90 Å². The summed E-state index contributed by atoms with van der Waals surface area (Å²) in [5.74, 6) is 0.308. The third-order valence-corrected chi connectivity index (χ3v) is 5.49. The number of carbonyl (C=O) groups excluding carboxylic acids is 1. The highest BCUT2D eigenvalue weighted by molar-refractivity contribution is 7.18. The second-order valence-electron chi connectivity index (χ2n) is 5.75. The molecule has 6 nitrogen and oxygen atoms in total. The van der Waals surface area contributed by atoms with Crippen LogP contribution in [0, 0.1) is 0 Å². The third kappa shape index (κ3) is 2.72. The van der Waals surface area contributed by atoms with E-state index in [-0.39, 0.29) is 18.1 Å². The van der Waals surface area contributed by atoms with Crippen molar-refractivity contribution in [2.45, 2.75) is 38.3 Å². The Morgan fingerprint density at radius 3 is 2.81 bits per heavy atom. The summed E-state index contributed by atoms with van der Waals surface area (Å²) >= 11 is 1.41. The number of anilines is 2. The van der Waals surface area contributed by atoms with E-state index in [1.807, 2.05) is 14.0 Å². The highest BCUT2D eigenvalue weighted by atomic mass is 32.1. The Balaban J connectivity index is 1.77. The van der Waals surface area contributed by atoms with Gasteiger partial charge in [0, 0.05) is 26.7 Å². The van der Waals surface area contributed by atoms with Gasteiger partial charge in [-0.3, -0.25) is 4.79 Å². The summed E-state index contributed by atoms with van der Waals surface area (Å²) in [5, 5.41) is 0.873. The predicted octanol–water partition coefficient (Wildman–Crippen LogP) is 1.57. The highest BCUT2D eigenvalue weighted by Crippen LogP contribution is 2.32. The molecule has 2 fully saturated rings. The minimum Gasteiger partial charge on any atom is -0.382 e. The van der Waals surface area contributed by atoms with Crippen LogP contribution in [0.1, 0.15) is 35.9 Å². The summed E-state index contributed by atoms with van der Waals surface area (Å²) in [6.45, 7) is 4.72. The predicted molar refractivity (Wildman–Crippen MR) is 83.9 cm³/mol. The zero-order valence-corrected chi connectivity index (χ0v) is 13.4. The third-order valence-electron chi connectivity index (χ3n) is 4.37. The molecule has 1 aromatic rings. The molecule has 2 N–H and O–H groups in total. The molecule has 2 aliphatic rings. The number of amides is 1. The number of nitrogen functional groups attached to an aromatic ring is 1. The molecule has 3 rings (SSSR count). The van der Waals surface area contributed by atoms with Gasteiger partial charge in [0.1, 0.15) is 10.7 Å². The van der Waals surface area contributed by atoms with E-state index in [0.717, 1.165) is 24.6 Å². The van der Waals surface area contributed by atoms with Gasteiger partial charge in [0.25, 0.3) is 5.91 Å². The molecule has 0 bridgehead atoms. The maximum atomic E-state index is 12.7. The number of thiazole rings is 1. The van der Waals surface area contributed by atoms with Crippen LogP contribution in [0.5, 0.6) is 0 Å². The average Bonchev–Trinajstić information content (AvgIpc) is 3.17. The number of rotatable bonds is 3. The van der Waals surface area contributed by atoms with Crippen LogP contribution in [0.15, 0.2) is 0 Å². The fourth-order valence-electron chi connectivity index (χ4n) is 3.06. The fourth-order valence-corrected chi connectivity index (χ4v) is 4.08. The molecule has 1 amide bonds. The van der Waals surface area contributed by atoms with E-state index in [4.69, 9.17) is 10.5 Å². The summed E-state index contributed by atoms with van der Waals surface area (Å²) in [5.41, 5.74) is 5.97. The van der Waals surface area contributed by atoms with E-state index in [2.05, 4.69) is 9.88 Å². The van der Waals surface area contributed by atoms with Crippen molar-refractivity contribution in [2.75, 3.05) is 37.4 Å². The number of nitrogens with two attached hydrogens (primary N) is 1. The van der Waals surface area contributed by atoms with Gasteiger partial charge >= 0.3 is 0 Å². The summed E-state index contributed by atoms with van der Waals surface area (Å²) in [7, 11) is 1.83. The van der Waals surface area contributed by atoms with Crippen LogP contribution in [0.2, 0.25) is 0 Å². The standard InChI is InChI=1S/C14H22N4O2S/c1-9-10(5-8-20-9)17(2)13(19)11-12(15)16-14(21-11)18-6-3-4-7-18/h9-10H,3-8,15H2,1-2H3. The molecular weight excluding hydrogens is 288 g/mol. The monoisotopic (exact) mass is 310 g/mol. The first-order chi connectivity index (χ1) is 10.1. The molecule has 3 heterocycles. The summed E-state index contributed by atoms with van der Waals surface area (Å²) in [6.07, 6.45) is 3.31. The Hall–Kier alpha value is -1.34. The van der Waals surface area contributed by atoms with Crippen LogP contribution >= 0.6 is 11.3 Å². The highest BCUT2D eigenvalue weighted by Gasteiger charge is 2.33. The van der Waals surface area contributed by atoms with Gasteiger partial charge in [-0.2, -0.15) is 0 Å². The van der Waals surface area contributed by atoms with E-state index < -0.39 is 0 Å². The Kier molecular flexibility index (Phi) is 4.03. The van der Waals surface area contributed by atoms with Crippen LogP contribution in [-0.2, 0) is 4.74 Å². The van der Waals surface area contributed by atoms with Crippen LogP contribution in [-0.4, -0.2) is 54.7 Å². The maximum Gasteiger partial charge on any atom is 0.267 e. The van der Waals surface area contributed by atoms with Gasteiger partial charge in [-0.1, -0.05) is 11.3 Å². The minimum absolute atomic E-state index is 0.0437. The maximum absolute atomic E-state index is 12.7. The van der Waals surface area contributed by atoms with Gasteiger partial charge < -0.3 is 20.3 Å². The van der Waals surface area contributed by atoms with Crippen molar-refractivity contribution in [3.8, 4) is 0 Å². The number of hydrogen-bond donors (Lipinski definition) is 1. The van der Waals surface area contributed by atoms with Gasteiger partial charge in [0.05, 0.1) is 12.1 Å². The molecule has 2 atom stereocenters. The molecule has 0 aliphatic carbocycles. The normalized spacial score (nSPS) is 25.5. The minimum atomic E-state index is -0.0437. The lowest BCUT2D eigenvalue weighted by molar-refractivity contribution is 0.0579. The SMILES string of the molecule is CC1OCCC1N(C)C(=O)c1sc(N2CCCC2)nc1N. The second-order valence-corrected chi connectivity index (χ2v) is 6.73. The van der Waals surface area contributed by atoms with Gasteiger partial charge in [0.15, 0.2) is 5.13 Å². The van der Waals surface area contributed by atoms with Crippen molar-refractivity contribution >= 4 is 28.2 Å². The quantitative estimate of drug-likeness (QED) is 0.917. The van der Waals surface area contributed by atoms with Crippen LogP contribution < -0.4 is 10.6 Å². The van der Waals surface area contributed by atoms with Crippen molar-refractivity contribution in [1.29, 1.82) is 0 Å². The zero-order chi connectivity index (χ0) is 15.0. The topological polar surface area (TPSA) is 71.7 Å². The molecule has 0 spiro atoms. The van der Waals surface area contributed by atoms with E-state index in [1.165, 1.54) is 24.2 Å². The molecule has 0 radical (unpaired) electrons. The van der Waals surface area contributed by atoms with Crippen LogP contribution in [0.25, 0.3) is 0 Å². The molecule has 2 saturated heterocycles. The van der Waals surface area contributed by atoms with E-state index >= 15 is 0 Å². The zero-order valence-electron chi connectivity index (χ0n) is 12.5. The van der Waals surface area contributed by atoms with Crippen molar-refractivity contribution in [2.24, 2.45) is 0 Å². The molecule has 7 heteroatoms. The summed E-state index contributed by atoms with van der Waals surface area (Å²) in [4.78, 5) is 21.6. The lowest BCUT2D eigenvalue weighted by Crippen LogP contribution is -2.40. The van der Waals surface area contributed by atoms with Gasteiger partial charge in [-0.25, -0.2) is 4.98 Å². The number of likely N-dealkylation sites (N-methyl/N-ethyl adjacent to an activating group) is 1. The first-order valence-electron chi connectivity index (χ1n) is 7.48. The second kappa shape index (κ2) is 5.81. The largest absolute Gasteiger partial charge is 0.382 e. The van der Waals surface area contributed by atoms with E-state index in [9.17, 15) is 4.79 Å². The molecule has 2 aliphatic heterocycles. The molecule has 0 aromatic carbocycles. The van der Waals surface area contributed by atoms with Gasteiger partial charge in [-0.05, 0) is 26.2 Å². The van der Waals surface area contributed by atoms with Crippen molar-refractivity contribution in [3.05, 3.63) is 4.88 Å². The van der Waals surface area contributed by atoms with Gasteiger partial charge in [0.2, 0.25) is 0 Å². The first kappa shape index (κ1) is 14.6. The molecule has 0 saturated carbocycles. The van der Waals surface area contributed by atoms with Gasteiger partial charge in [-0.15, -0.1) is 0 Å². The number of ether oxygens (including phenoxy) is 1. The number of aromatic nitrogens is 1. The molecule has 21 heavy (non-hydrogen) atoms. The molecule has 116 valence electrons. The molecule has 1 aromatic heterocycles. The number of carbonyl (C=O) groups is 1. The molecule has 2 unspecified atom stereocenters. The number of hydrogen-bond acceptors (Lipinski definition) is 6. The molecular formula is C14H22N4O2S. The summed E-state index contributed by atoms with van der Waals surface area (Å²) in [6, 6.07) is 0.120. The lowest BCUT2D eigenvalue weighted by Gasteiger charge is -2.26. The average molecular weight is 310 g/mol. The Bertz CT molecular complexity index is 527. The first-order valence-corrected chi connectivity index (χ1v) is 8.29. The van der Waals surface area contributed by atoms with Crippen molar-refractivity contribution < 1.29 is 9.53 Å². The fraction of sp³-hybridized carbons (Fsp3) is 0.714. The van der Waals surface area contributed by atoms with E-state index in [0.29, 0.717) is 17.3 Å². The van der Waals surface area contributed by atoms with Crippen LogP contribution in [0.4, 0.5) is 10.9 Å².